The number of amides is 2. The number of aromatic nitrogens is 1. The van der Waals surface area contributed by atoms with E-state index in [2.05, 4.69) is 10.3 Å². The highest BCUT2D eigenvalue weighted by molar-refractivity contribution is 5.74. The van der Waals surface area contributed by atoms with Crippen LogP contribution in [0.4, 0.5) is 4.79 Å². The SMILES string of the molecule is COc1cc(CNC(=O)N(C)C(C)c2ccccc2OC)ccn1. The first kappa shape index (κ1) is 17.6. The Morgan fingerprint density at radius 1 is 1.25 bits per heavy atom. The van der Waals surface area contributed by atoms with Crippen molar-refractivity contribution in [2.24, 2.45) is 0 Å². The van der Waals surface area contributed by atoms with Crippen molar-refractivity contribution in [3.63, 3.8) is 0 Å². The molecule has 2 aromatic rings. The van der Waals surface area contributed by atoms with Crippen molar-refractivity contribution in [2.45, 2.75) is 19.5 Å². The number of benzene rings is 1. The van der Waals surface area contributed by atoms with Gasteiger partial charge in [0.15, 0.2) is 0 Å². The number of nitrogens with one attached hydrogen (secondary N) is 1. The second-order valence-corrected chi connectivity index (χ2v) is 5.39. The quantitative estimate of drug-likeness (QED) is 0.885. The van der Waals surface area contributed by atoms with Gasteiger partial charge in [0.25, 0.3) is 0 Å². The van der Waals surface area contributed by atoms with Gasteiger partial charge in [-0.3, -0.25) is 0 Å². The smallest absolute Gasteiger partial charge is 0.317 e. The summed E-state index contributed by atoms with van der Waals surface area (Å²) >= 11 is 0. The monoisotopic (exact) mass is 329 g/mol. The maximum absolute atomic E-state index is 12.4. The zero-order valence-electron chi connectivity index (χ0n) is 14.4. The van der Waals surface area contributed by atoms with Crippen molar-refractivity contribution in [2.75, 3.05) is 21.3 Å². The fourth-order valence-electron chi connectivity index (χ4n) is 2.37. The third kappa shape index (κ3) is 4.16. The Kier molecular flexibility index (Phi) is 6.01. The average Bonchev–Trinajstić information content (AvgIpc) is 2.64. The number of pyridine rings is 1. The molecule has 24 heavy (non-hydrogen) atoms. The normalized spacial score (nSPS) is 11.5. The van der Waals surface area contributed by atoms with Crippen LogP contribution in [-0.4, -0.2) is 37.2 Å². The molecular formula is C18H23N3O3. The highest BCUT2D eigenvalue weighted by Crippen LogP contribution is 2.28. The van der Waals surface area contributed by atoms with Crippen LogP contribution < -0.4 is 14.8 Å². The zero-order chi connectivity index (χ0) is 17.5. The van der Waals surface area contributed by atoms with E-state index < -0.39 is 0 Å². The van der Waals surface area contributed by atoms with Crippen LogP contribution in [0.25, 0.3) is 0 Å². The van der Waals surface area contributed by atoms with Crippen molar-refractivity contribution < 1.29 is 14.3 Å². The van der Waals surface area contributed by atoms with Crippen LogP contribution in [0.5, 0.6) is 11.6 Å². The standard InChI is InChI=1S/C18H23N3O3/c1-13(15-7-5-6-8-16(15)23-3)21(2)18(22)20-12-14-9-10-19-17(11-14)24-4/h5-11,13H,12H2,1-4H3,(H,20,22). The summed E-state index contributed by atoms with van der Waals surface area (Å²) in [6, 6.07) is 11.0. The second kappa shape index (κ2) is 8.19. The van der Waals surface area contributed by atoms with Gasteiger partial charge in [0.1, 0.15) is 5.75 Å². The van der Waals surface area contributed by atoms with Crippen LogP contribution in [0.15, 0.2) is 42.6 Å². The van der Waals surface area contributed by atoms with Crippen LogP contribution in [0.2, 0.25) is 0 Å². The van der Waals surface area contributed by atoms with Gasteiger partial charge in [-0.1, -0.05) is 18.2 Å². The molecule has 1 aromatic carbocycles. The molecular weight excluding hydrogens is 306 g/mol. The predicted octanol–water partition coefficient (Wildman–Crippen LogP) is 3.00. The number of carbonyl (C=O) groups is 1. The first-order valence-corrected chi connectivity index (χ1v) is 7.69. The molecule has 0 spiro atoms. The van der Waals surface area contributed by atoms with Crippen molar-refractivity contribution in [1.29, 1.82) is 0 Å². The van der Waals surface area contributed by atoms with Gasteiger partial charge in [-0.05, 0) is 24.6 Å². The van der Waals surface area contributed by atoms with Crippen LogP contribution in [-0.2, 0) is 6.54 Å². The van der Waals surface area contributed by atoms with Crippen molar-refractivity contribution >= 4 is 6.03 Å². The fourth-order valence-corrected chi connectivity index (χ4v) is 2.37. The predicted molar refractivity (Wildman–Crippen MR) is 92.2 cm³/mol. The molecule has 0 saturated carbocycles. The van der Waals surface area contributed by atoms with E-state index >= 15 is 0 Å². The zero-order valence-corrected chi connectivity index (χ0v) is 14.4. The van der Waals surface area contributed by atoms with Crippen LogP contribution in [0.3, 0.4) is 0 Å². The third-order valence-corrected chi connectivity index (χ3v) is 3.94. The van der Waals surface area contributed by atoms with E-state index in [0.29, 0.717) is 12.4 Å². The maximum atomic E-state index is 12.4. The van der Waals surface area contributed by atoms with E-state index in [-0.39, 0.29) is 12.1 Å². The van der Waals surface area contributed by atoms with Gasteiger partial charge in [0.05, 0.1) is 20.3 Å². The molecule has 1 unspecified atom stereocenters. The Morgan fingerprint density at radius 3 is 2.71 bits per heavy atom. The molecule has 1 aromatic heterocycles. The molecule has 0 radical (unpaired) electrons. The first-order valence-electron chi connectivity index (χ1n) is 7.69. The van der Waals surface area contributed by atoms with E-state index in [1.807, 2.05) is 37.3 Å². The summed E-state index contributed by atoms with van der Waals surface area (Å²) in [5, 5.41) is 2.90. The maximum Gasteiger partial charge on any atom is 0.317 e. The number of carbonyl (C=O) groups excluding carboxylic acids is 1. The number of rotatable bonds is 6. The van der Waals surface area contributed by atoms with Gasteiger partial charge in [-0.15, -0.1) is 0 Å². The number of para-hydroxylation sites is 1. The molecule has 0 aliphatic rings. The molecule has 128 valence electrons. The summed E-state index contributed by atoms with van der Waals surface area (Å²) in [7, 11) is 4.95. The summed E-state index contributed by atoms with van der Waals surface area (Å²) in [6.07, 6.45) is 1.65. The van der Waals surface area contributed by atoms with Crippen molar-refractivity contribution in [3.05, 3.63) is 53.7 Å². The average molecular weight is 329 g/mol. The molecule has 0 aliphatic carbocycles. The number of ether oxygens (including phenoxy) is 2. The minimum absolute atomic E-state index is 0.117. The minimum Gasteiger partial charge on any atom is -0.496 e. The summed E-state index contributed by atoms with van der Waals surface area (Å²) in [6.45, 7) is 2.37. The number of hydrogen-bond acceptors (Lipinski definition) is 4. The number of urea groups is 1. The molecule has 2 rings (SSSR count). The molecule has 1 heterocycles. The Bertz CT molecular complexity index is 691. The minimum atomic E-state index is -0.163. The van der Waals surface area contributed by atoms with E-state index in [0.717, 1.165) is 16.9 Å². The highest BCUT2D eigenvalue weighted by atomic mass is 16.5. The van der Waals surface area contributed by atoms with Crippen LogP contribution >= 0.6 is 0 Å². The molecule has 0 aliphatic heterocycles. The Labute approximate surface area is 142 Å². The van der Waals surface area contributed by atoms with E-state index in [1.165, 1.54) is 0 Å². The lowest BCUT2D eigenvalue weighted by Gasteiger charge is -2.26. The van der Waals surface area contributed by atoms with E-state index in [9.17, 15) is 4.79 Å². The lowest BCUT2D eigenvalue weighted by molar-refractivity contribution is 0.193. The molecule has 6 heteroatoms. The summed E-state index contributed by atoms with van der Waals surface area (Å²) in [5.41, 5.74) is 1.89. The van der Waals surface area contributed by atoms with Gasteiger partial charge in [-0.25, -0.2) is 9.78 Å². The Balaban J connectivity index is 2.00. The first-order chi connectivity index (χ1) is 11.6. The highest BCUT2D eigenvalue weighted by Gasteiger charge is 2.19. The molecule has 0 fully saturated rings. The summed E-state index contributed by atoms with van der Waals surface area (Å²) < 4.78 is 10.5. The third-order valence-electron chi connectivity index (χ3n) is 3.94. The summed E-state index contributed by atoms with van der Waals surface area (Å²) in [5.74, 6) is 1.29. The molecule has 0 bridgehead atoms. The second-order valence-electron chi connectivity index (χ2n) is 5.39. The van der Waals surface area contributed by atoms with Gasteiger partial charge in [0.2, 0.25) is 5.88 Å². The van der Waals surface area contributed by atoms with Gasteiger partial charge in [0, 0.05) is 31.4 Å². The lowest BCUT2D eigenvalue weighted by Crippen LogP contribution is -2.38. The van der Waals surface area contributed by atoms with Gasteiger partial charge < -0.3 is 19.7 Å². The van der Waals surface area contributed by atoms with Crippen molar-refractivity contribution in [3.8, 4) is 11.6 Å². The van der Waals surface area contributed by atoms with Crippen LogP contribution in [0, 0.1) is 0 Å². The van der Waals surface area contributed by atoms with E-state index in [1.54, 1.807) is 38.4 Å². The molecule has 1 N–H and O–H groups in total. The number of methoxy groups -OCH3 is 2. The summed E-state index contributed by atoms with van der Waals surface area (Å²) in [4.78, 5) is 18.1. The van der Waals surface area contributed by atoms with E-state index in [4.69, 9.17) is 9.47 Å². The largest absolute Gasteiger partial charge is 0.496 e. The van der Waals surface area contributed by atoms with Gasteiger partial charge >= 0.3 is 6.03 Å². The van der Waals surface area contributed by atoms with Crippen molar-refractivity contribution in [1.82, 2.24) is 15.2 Å². The van der Waals surface area contributed by atoms with Crippen LogP contribution in [0.1, 0.15) is 24.1 Å². The molecule has 2 amide bonds. The molecule has 6 nitrogen and oxygen atoms in total. The number of nitrogens with zero attached hydrogens (tertiary/aromatic N) is 2. The lowest BCUT2D eigenvalue weighted by atomic mass is 10.1. The van der Waals surface area contributed by atoms with Gasteiger partial charge in [-0.2, -0.15) is 0 Å². The molecule has 0 saturated heterocycles. The fraction of sp³-hybridized carbons (Fsp3) is 0.333. The molecule has 1 atom stereocenters. The Hall–Kier alpha value is -2.76. The topological polar surface area (TPSA) is 63.7 Å². The number of hydrogen-bond donors (Lipinski definition) is 1. The Morgan fingerprint density at radius 2 is 2.00 bits per heavy atom.